The minimum Gasteiger partial charge on any atom is -0.355 e. The van der Waals surface area contributed by atoms with Gasteiger partial charge < -0.3 is 10.2 Å². The van der Waals surface area contributed by atoms with Crippen LogP contribution in [-0.2, 0) is 26.2 Å². The van der Waals surface area contributed by atoms with Crippen LogP contribution in [0.1, 0.15) is 37.0 Å². The Kier molecular flexibility index (Phi) is 10.4. The van der Waals surface area contributed by atoms with E-state index in [0.717, 1.165) is 15.4 Å². The smallest absolute Gasteiger partial charge is 0.264 e. The number of halogens is 2. The molecule has 0 unspecified atom stereocenters. The molecule has 0 aliphatic heterocycles. The number of benzene rings is 3. The summed E-state index contributed by atoms with van der Waals surface area (Å²) in [6, 6.07) is 17.4. The van der Waals surface area contributed by atoms with Crippen molar-refractivity contribution in [2.24, 2.45) is 0 Å². The number of hydrogen-bond acceptors (Lipinski definition) is 4. The number of carbonyl (C=O) groups is 2. The van der Waals surface area contributed by atoms with Gasteiger partial charge in [-0.25, -0.2) is 8.42 Å². The second-order valence-electron chi connectivity index (χ2n) is 9.25. The van der Waals surface area contributed by atoms with Gasteiger partial charge in [0.15, 0.2) is 0 Å². The van der Waals surface area contributed by atoms with E-state index in [0.29, 0.717) is 34.3 Å². The summed E-state index contributed by atoms with van der Waals surface area (Å²) in [5, 5.41) is 3.56. The lowest BCUT2D eigenvalue weighted by atomic mass is 10.1. The molecule has 0 spiro atoms. The summed E-state index contributed by atoms with van der Waals surface area (Å²) in [5.74, 6) is -0.875. The molecule has 0 fully saturated rings. The SMILES string of the molecule is CCNC(=O)[C@@H](CC)N(Cc1ccc(Cl)cc1Cl)C(=O)CN(c1cc(C)cc(C)c1)S(=O)(=O)c1ccccc1. The molecule has 0 saturated carbocycles. The van der Waals surface area contributed by atoms with Gasteiger partial charge in [0.05, 0.1) is 10.6 Å². The summed E-state index contributed by atoms with van der Waals surface area (Å²) in [6.45, 7) is 7.19. The van der Waals surface area contributed by atoms with Crippen molar-refractivity contribution in [3.05, 3.63) is 93.5 Å². The van der Waals surface area contributed by atoms with Crippen molar-refractivity contribution >= 4 is 50.7 Å². The molecule has 0 radical (unpaired) electrons. The van der Waals surface area contributed by atoms with Crippen molar-refractivity contribution in [2.45, 2.75) is 51.6 Å². The summed E-state index contributed by atoms with van der Waals surface area (Å²) in [5.41, 5.74) is 2.65. The molecule has 39 heavy (non-hydrogen) atoms. The Balaban J connectivity index is 2.10. The number of anilines is 1. The summed E-state index contributed by atoms with van der Waals surface area (Å²) in [7, 11) is -4.12. The van der Waals surface area contributed by atoms with E-state index in [9.17, 15) is 18.0 Å². The van der Waals surface area contributed by atoms with Crippen LogP contribution in [-0.4, -0.2) is 44.3 Å². The molecule has 1 N–H and O–H groups in total. The van der Waals surface area contributed by atoms with E-state index < -0.39 is 28.5 Å². The number of carbonyl (C=O) groups excluding carboxylic acids is 2. The van der Waals surface area contributed by atoms with Gasteiger partial charge in [-0.3, -0.25) is 13.9 Å². The molecule has 2 amide bonds. The molecule has 0 aliphatic rings. The zero-order chi connectivity index (χ0) is 28.7. The standard InChI is InChI=1S/C29H33Cl2N3O4S/c1-5-27(29(36)32-6-2)33(18-22-12-13-23(30)17-26(22)31)28(35)19-34(24-15-20(3)14-21(4)16-24)39(37,38)25-10-8-7-9-11-25/h7-17,27H,5-6,18-19H2,1-4H3,(H,32,36)/t27-/m1/s1. The topological polar surface area (TPSA) is 86.8 Å². The summed E-state index contributed by atoms with van der Waals surface area (Å²) in [4.78, 5) is 28.5. The second-order valence-corrected chi connectivity index (χ2v) is 12.0. The first-order valence-corrected chi connectivity index (χ1v) is 14.8. The molecule has 1 atom stereocenters. The zero-order valence-electron chi connectivity index (χ0n) is 22.4. The Morgan fingerprint density at radius 3 is 2.13 bits per heavy atom. The number of sulfonamides is 1. The average molecular weight is 591 g/mol. The van der Waals surface area contributed by atoms with Crippen molar-refractivity contribution < 1.29 is 18.0 Å². The Morgan fingerprint density at radius 1 is 0.923 bits per heavy atom. The molecule has 0 aromatic heterocycles. The summed E-state index contributed by atoms with van der Waals surface area (Å²) in [6.07, 6.45) is 0.317. The lowest BCUT2D eigenvalue weighted by molar-refractivity contribution is -0.140. The molecule has 208 valence electrons. The maximum atomic E-state index is 14.0. The monoisotopic (exact) mass is 589 g/mol. The molecule has 0 bridgehead atoms. The van der Waals surface area contributed by atoms with Gasteiger partial charge >= 0.3 is 0 Å². The van der Waals surface area contributed by atoms with Crippen LogP contribution in [0.5, 0.6) is 0 Å². The van der Waals surface area contributed by atoms with Gasteiger partial charge in [0.25, 0.3) is 10.0 Å². The molecule has 3 rings (SSSR count). The van der Waals surface area contributed by atoms with Crippen molar-refractivity contribution in [1.82, 2.24) is 10.2 Å². The third-order valence-corrected chi connectivity index (χ3v) is 8.57. The van der Waals surface area contributed by atoms with E-state index in [1.807, 2.05) is 19.9 Å². The minimum atomic E-state index is -4.12. The quantitative estimate of drug-likeness (QED) is 0.308. The molecular weight excluding hydrogens is 557 g/mol. The van der Waals surface area contributed by atoms with Gasteiger partial charge in [-0.05, 0) is 80.3 Å². The van der Waals surface area contributed by atoms with Gasteiger partial charge in [0.1, 0.15) is 12.6 Å². The molecule has 0 aliphatic carbocycles. The Hall–Kier alpha value is -3.07. The highest BCUT2D eigenvalue weighted by atomic mass is 35.5. The van der Waals surface area contributed by atoms with Crippen molar-refractivity contribution in [3.8, 4) is 0 Å². The molecule has 0 saturated heterocycles. The Bertz CT molecular complexity index is 1410. The number of likely N-dealkylation sites (N-methyl/N-ethyl adjacent to an activating group) is 1. The number of aryl methyl sites for hydroxylation is 2. The lowest BCUT2D eigenvalue weighted by Gasteiger charge is -2.33. The highest BCUT2D eigenvalue weighted by Gasteiger charge is 2.34. The van der Waals surface area contributed by atoms with Crippen LogP contribution in [0, 0.1) is 13.8 Å². The average Bonchev–Trinajstić information content (AvgIpc) is 2.88. The lowest BCUT2D eigenvalue weighted by Crippen LogP contribution is -2.52. The van der Waals surface area contributed by atoms with E-state index in [-0.39, 0.29) is 17.3 Å². The van der Waals surface area contributed by atoms with Crippen molar-refractivity contribution in [3.63, 3.8) is 0 Å². The molecular formula is C29H33Cl2N3O4S. The minimum absolute atomic E-state index is 0.00343. The third kappa shape index (κ3) is 7.53. The maximum absolute atomic E-state index is 14.0. The molecule has 10 heteroatoms. The van der Waals surface area contributed by atoms with Gasteiger partial charge in [-0.1, -0.05) is 60.5 Å². The first-order valence-electron chi connectivity index (χ1n) is 12.6. The Labute approximate surface area is 240 Å². The van der Waals surface area contributed by atoms with Crippen LogP contribution in [0.4, 0.5) is 5.69 Å². The molecule has 0 heterocycles. The Morgan fingerprint density at radius 2 is 1.56 bits per heavy atom. The van der Waals surface area contributed by atoms with Crippen LogP contribution in [0.15, 0.2) is 71.6 Å². The van der Waals surface area contributed by atoms with Crippen LogP contribution >= 0.6 is 23.2 Å². The normalized spacial score (nSPS) is 12.1. The summed E-state index contributed by atoms with van der Waals surface area (Å²) >= 11 is 12.5. The van der Waals surface area contributed by atoms with Crippen LogP contribution in [0.3, 0.4) is 0 Å². The number of rotatable bonds is 11. The molecule has 3 aromatic rings. The predicted molar refractivity (Wildman–Crippen MR) is 157 cm³/mol. The first-order chi connectivity index (χ1) is 18.5. The van der Waals surface area contributed by atoms with E-state index >= 15 is 0 Å². The van der Waals surface area contributed by atoms with Gasteiger partial charge in [0, 0.05) is 23.1 Å². The second kappa shape index (κ2) is 13.3. The zero-order valence-corrected chi connectivity index (χ0v) is 24.8. The van der Waals surface area contributed by atoms with Crippen LogP contribution in [0.25, 0.3) is 0 Å². The predicted octanol–water partition coefficient (Wildman–Crippen LogP) is 5.75. The van der Waals surface area contributed by atoms with Gasteiger partial charge in [-0.15, -0.1) is 0 Å². The number of amides is 2. The van der Waals surface area contributed by atoms with E-state index in [1.54, 1.807) is 62.4 Å². The van der Waals surface area contributed by atoms with Crippen molar-refractivity contribution in [1.29, 1.82) is 0 Å². The van der Waals surface area contributed by atoms with E-state index in [2.05, 4.69) is 5.32 Å². The first kappa shape index (κ1) is 30.5. The van der Waals surface area contributed by atoms with Gasteiger partial charge in [-0.2, -0.15) is 0 Å². The van der Waals surface area contributed by atoms with Crippen LogP contribution < -0.4 is 9.62 Å². The van der Waals surface area contributed by atoms with E-state index in [4.69, 9.17) is 23.2 Å². The largest absolute Gasteiger partial charge is 0.355 e. The highest BCUT2D eigenvalue weighted by Crippen LogP contribution is 2.28. The fourth-order valence-corrected chi connectivity index (χ4v) is 6.28. The summed E-state index contributed by atoms with van der Waals surface area (Å²) < 4.78 is 28.9. The van der Waals surface area contributed by atoms with Crippen molar-refractivity contribution in [2.75, 3.05) is 17.4 Å². The highest BCUT2D eigenvalue weighted by molar-refractivity contribution is 7.92. The van der Waals surface area contributed by atoms with Gasteiger partial charge in [0.2, 0.25) is 11.8 Å². The number of hydrogen-bond donors (Lipinski definition) is 1. The molecule has 3 aromatic carbocycles. The fourth-order valence-electron chi connectivity index (χ4n) is 4.39. The van der Waals surface area contributed by atoms with Crippen LogP contribution in [0.2, 0.25) is 10.0 Å². The maximum Gasteiger partial charge on any atom is 0.264 e. The fraction of sp³-hybridized carbons (Fsp3) is 0.310. The van der Waals surface area contributed by atoms with E-state index in [1.165, 1.54) is 17.0 Å². The number of nitrogens with one attached hydrogen (secondary N) is 1. The third-order valence-electron chi connectivity index (χ3n) is 6.20. The molecule has 7 nitrogen and oxygen atoms in total. The number of nitrogens with zero attached hydrogens (tertiary/aromatic N) is 2.